The Bertz CT molecular complexity index is 312. The van der Waals surface area contributed by atoms with E-state index < -0.39 is 6.10 Å². The fraction of sp³-hybridized carbons (Fsp3) is 0.455. The number of rotatable bonds is 3. The monoisotopic (exact) mass is 260 g/mol. The van der Waals surface area contributed by atoms with E-state index in [9.17, 15) is 9.50 Å². The highest BCUT2D eigenvalue weighted by Gasteiger charge is 2.14. The van der Waals surface area contributed by atoms with Crippen LogP contribution in [0.25, 0.3) is 0 Å². The zero-order valence-corrected chi connectivity index (χ0v) is 9.88. The van der Waals surface area contributed by atoms with Gasteiger partial charge in [-0.1, -0.05) is 19.1 Å². The third kappa shape index (κ3) is 2.79. The Balaban J connectivity index is 2.89. The van der Waals surface area contributed by atoms with Crippen molar-refractivity contribution in [3.05, 3.63) is 34.1 Å². The number of hydrogen-bond acceptors (Lipinski definition) is 1. The molecule has 0 aliphatic rings. The molecule has 0 bridgehead atoms. The van der Waals surface area contributed by atoms with Crippen LogP contribution in [-0.2, 0) is 0 Å². The van der Waals surface area contributed by atoms with Crippen molar-refractivity contribution in [2.24, 2.45) is 0 Å². The van der Waals surface area contributed by atoms with Crippen LogP contribution in [0, 0.1) is 5.82 Å². The van der Waals surface area contributed by atoms with Gasteiger partial charge in [0.1, 0.15) is 5.82 Å². The normalized spacial score (nSPS) is 15.2. The van der Waals surface area contributed by atoms with Gasteiger partial charge in [-0.2, -0.15) is 0 Å². The van der Waals surface area contributed by atoms with Crippen LogP contribution < -0.4 is 0 Å². The number of benzene rings is 1. The van der Waals surface area contributed by atoms with Crippen LogP contribution in [0.1, 0.15) is 31.7 Å². The fourth-order valence-electron chi connectivity index (χ4n) is 1.54. The molecule has 0 amide bonds. The Morgan fingerprint density at radius 2 is 2.07 bits per heavy atom. The van der Waals surface area contributed by atoms with Crippen LogP contribution in [0.3, 0.4) is 0 Å². The fourth-order valence-corrected chi connectivity index (χ4v) is 1.92. The second-order valence-corrected chi connectivity index (χ2v) is 4.48. The second kappa shape index (κ2) is 4.89. The highest BCUT2D eigenvalue weighted by atomic mass is 79.9. The molecular formula is C11H14BrFO. The summed E-state index contributed by atoms with van der Waals surface area (Å²) in [5.41, 5.74) is 0.653. The van der Waals surface area contributed by atoms with Crippen molar-refractivity contribution in [2.45, 2.75) is 32.3 Å². The van der Waals surface area contributed by atoms with E-state index in [2.05, 4.69) is 15.9 Å². The summed E-state index contributed by atoms with van der Waals surface area (Å²) >= 11 is 3.14. The first-order valence-corrected chi connectivity index (χ1v) is 5.43. The topological polar surface area (TPSA) is 20.2 Å². The van der Waals surface area contributed by atoms with Crippen molar-refractivity contribution in [3.8, 4) is 0 Å². The van der Waals surface area contributed by atoms with Crippen LogP contribution in [0.4, 0.5) is 4.39 Å². The molecule has 0 aromatic heterocycles. The lowest BCUT2D eigenvalue weighted by Gasteiger charge is -2.14. The van der Waals surface area contributed by atoms with Crippen molar-refractivity contribution in [2.75, 3.05) is 0 Å². The van der Waals surface area contributed by atoms with E-state index in [1.54, 1.807) is 25.1 Å². The van der Waals surface area contributed by atoms with Crippen molar-refractivity contribution < 1.29 is 9.50 Å². The molecule has 2 atom stereocenters. The van der Waals surface area contributed by atoms with Crippen molar-refractivity contribution in [1.82, 2.24) is 0 Å². The van der Waals surface area contributed by atoms with E-state index in [0.29, 0.717) is 16.5 Å². The van der Waals surface area contributed by atoms with E-state index in [1.165, 1.54) is 0 Å². The molecule has 1 N–H and O–H groups in total. The van der Waals surface area contributed by atoms with E-state index in [0.717, 1.165) is 0 Å². The molecule has 1 aromatic rings. The minimum atomic E-state index is -0.400. The van der Waals surface area contributed by atoms with Gasteiger partial charge in [0.15, 0.2) is 0 Å². The van der Waals surface area contributed by atoms with Crippen LogP contribution >= 0.6 is 15.9 Å². The summed E-state index contributed by atoms with van der Waals surface area (Å²) in [6.45, 7) is 3.63. The summed E-state index contributed by atoms with van der Waals surface area (Å²) in [4.78, 5) is 0. The average molecular weight is 261 g/mol. The van der Waals surface area contributed by atoms with Gasteiger partial charge in [-0.15, -0.1) is 0 Å². The SMILES string of the molecule is CC(O)CC(C)c1cccc(Br)c1F. The maximum absolute atomic E-state index is 13.6. The molecule has 0 spiro atoms. The molecule has 1 rings (SSSR count). The van der Waals surface area contributed by atoms with Crippen LogP contribution in [0.5, 0.6) is 0 Å². The highest BCUT2D eigenvalue weighted by Crippen LogP contribution is 2.27. The number of hydrogen-bond donors (Lipinski definition) is 1. The summed E-state index contributed by atoms with van der Waals surface area (Å²) in [6.07, 6.45) is 0.177. The van der Waals surface area contributed by atoms with Gasteiger partial charge in [-0.3, -0.25) is 0 Å². The lowest BCUT2D eigenvalue weighted by molar-refractivity contribution is 0.176. The lowest BCUT2D eigenvalue weighted by Crippen LogP contribution is -2.07. The first-order chi connectivity index (χ1) is 6.52. The minimum Gasteiger partial charge on any atom is -0.393 e. The van der Waals surface area contributed by atoms with E-state index in [1.807, 2.05) is 6.92 Å². The number of aliphatic hydroxyl groups excluding tert-OH is 1. The van der Waals surface area contributed by atoms with Gasteiger partial charge < -0.3 is 5.11 Å². The molecule has 1 nitrogen and oxygen atoms in total. The molecule has 2 unspecified atom stereocenters. The predicted octanol–water partition coefficient (Wildman–Crippen LogP) is 3.46. The molecule has 1 aromatic carbocycles. The van der Waals surface area contributed by atoms with Crippen molar-refractivity contribution in [1.29, 1.82) is 0 Å². The number of halogens is 2. The quantitative estimate of drug-likeness (QED) is 0.883. The lowest BCUT2D eigenvalue weighted by atomic mass is 9.95. The summed E-state index contributed by atoms with van der Waals surface area (Å²) in [7, 11) is 0. The summed E-state index contributed by atoms with van der Waals surface area (Å²) in [5.74, 6) is -0.187. The number of aliphatic hydroxyl groups is 1. The first kappa shape index (κ1) is 11.7. The van der Waals surface area contributed by atoms with Crippen molar-refractivity contribution >= 4 is 15.9 Å². The Hall–Kier alpha value is -0.410. The maximum atomic E-state index is 13.6. The molecule has 0 saturated carbocycles. The van der Waals surface area contributed by atoms with Crippen molar-refractivity contribution in [3.63, 3.8) is 0 Å². The third-order valence-corrected chi connectivity index (χ3v) is 2.82. The smallest absolute Gasteiger partial charge is 0.140 e. The van der Waals surface area contributed by atoms with E-state index in [-0.39, 0.29) is 11.7 Å². The zero-order valence-electron chi connectivity index (χ0n) is 8.30. The van der Waals surface area contributed by atoms with Gasteiger partial charge in [0.2, 0.25) is 0 Å². The van der Waals surface area contributed by atoms with Crippen LogP contribution in [0.15, 0.2) is 22.7 Å². The van der Waals surface area contributed by atoms with Crippen LogP contribution in [-0.4, -0.2) is 11.2 Å². The predicted molar refractivity (Wildman–Crippen MR) is 58.8 cm³/mol. The Morgan fingerprint density at radius 1 is 1.43 bits per heavy atom. The molecule has 0 saturated heterocycles. The standard InChI is InChI=1S/C11H14BrFO/c1-7(6-8(2)14)9-4-3-5-10(12)11(9)13/h3-5,7-8,14H,6H2,1-2H3. The summed E-state index contributed by atoms with van der Waals surface area (Å²) in [5, 5.41) is 9.21. The van der Waals surface area contributed by atoms with Gasteiger partial charge in [0.05, 0.1) is 10.6 Å². The largest absolute Gasteiger partial charge is 0.393 e. The Labute approximate surface area is 92.1 Å². The maximum Gasteiger partial charge on any atom is 0.140 e. The molecule has 0 heterocycles. The highest BCUT2D eigenvalue weighted by molar-refractivity contribution is 9.10. The van der Waals surface area contributed by atoms with Crippen LogP contribution in [0.2, 0.25) is 0 Å². The molecule has 14 heavy (non-hydrogen) atoms. The van der Waals surface area contributed by atoms with Gasteiger partial charge in [-0.05, 0) is 46.8 Å². The molecule has 0 aliphatic carbocycles. The molecular weight excluding hydrogens is 247 g/mol. The molecule has 0 aliphatic heterocycles. The Kier molecular flexibility index (Phi) is 4.08. The van der Waals surface area contributed by atoms with E-state index in [4.69, 9.17) is 0 Å². The second-order valence-electron chi connectivity index (χ2n) is 3.63. The minimum absolute atomic E-state index is 0.0347. The van der Waals surface area contributed by atoms with Gasteiger partial charge >= 0.3 is 0 Å². The third-order valence-electron chi connectivity index (χ3n) is 2.21. The molecule has 78 valence electrons. The first-order valence-electron chi connectivity index (χ1n) is 4.64. The zero-order chi connectivity index (χ0) is 10.7. The summed E-state index contributed by atoms with van der Waals surface area (Å²) < 4.78 is 14.1. The van der Waals surface area contributed by atoms with Gasteiger partial charge in [-0.25, -0.2) is 4.39 Å². The Morgan fingerprint density at radius 3 is 2.64 bits per heavy atom. The van der Waals surface area contributed by atoms with Gasteiger partial charge in [0, 0.05) is 0 Å². The average Bonchev–Trinajstić information content (AvgIpc) is 2.08. The summed E-state index contributed by atoms with van der Waals surface area (Å²) in [6, 6.07) is 5.24. The molecule has 0 fully saturated rings. The van der Waals surface area contributed by atoms with E-state index >= 15 is 0 Å². The molecule has 0 radical (unpaired) electrons. The molecule has 3 heteroatoms. The van der Waals surface area contributed by atoms with Gasteiger partial charge in [0.25, 0.3) is 0 Å².